The number of hydrogen-bond donors (Lipinski definition) is 2. The number of thioether (sulfide) groups is 1. The van der Waals surface area contributed by atoms with E-state index in [0.717, 1.165) is 16.1 Å². The first-order valence-electron chi connectivity index (χ1n) is 8.53. The van der Waals surface area contributed by atoms with Crippen LogP contribution in [0.1, 0.15) is 12.0 Å². The highest BCUT2D eigenvalue weighted by molar-refractivity contribution is 8.01. The lowest BCUT2D eigenvalue weighted by Crippen LogP contribution is -2.32. The van der Waals surface area contributed by atoms with Crippen molar-refractivity contribution in [3.05, 3.63) is 54.1 Å². The summed E-state index contributed by atoms with van der Waals surface area (Å²) in [5, 5.41) is 13.4. The molecule has 0 fully saturated rings. The van der Waals surface area contributed by atoms with E-state index in [1.165, 1.54) is 11.8 Å². The number of amides is 2. The van der Waals surface area contributed by atoms with Crippen molar-refractivity contribution in [3.8, 4) is 6.07 Å². The van der Waals surface area contributed by atoms with E-state index < -0.39 is 23.7 Å². The van der Waals surface area contributed by atoms with Crippen molar-refractivity contribution in [2.75, 3.05) is 17.2 Å². The normalized spacial score (nSPS) is 15.0. The van der Waals surface area contributed by atoms with Gasteiger partial charge in [-0.2, -0.15) is 5.26 Å². The molecule has 2 N–H and O–H groups in total. The van der Waals surface area contributed by atoms with E-state index in [2.05, 4.69) is 10.6 Å². The summed E-state index contributed by atoms with van der Waals surface area (Å²) in [6.45, 7) is -0.436. The average Bonchev–Trinajstić information content (AvgIpc) is 2.69. The molecule has 2 aromatic carbocycles. The minimum atomic E-state index is -0.619. The van der Waals surface area contributed by atoms with Gasteiger partial charge in [0.25, 0.3) is 5.91 Å². The number of benzene rings is 2. The molecule has 1 atom stereocenters. The molecule has 2 aromatic rings. The second kappa shape index (κ2) is 9.06. The van der Waals surface area contributed by atoms with Gasteiger partial charge in [0.2, 0.25) is 5.91 Å². The number of nitrogens with zero attached hydrogens (tertiary/aromatic N) is 1. The van der Waals surface area contributed by atoms with E-state index in [4.69, 9.17) is 10.00 Å². The minimum absolute atomic E-state index is 0.124. The Balaban J connectivity index is 1.46. The van der Waals surface area contributed by atoms with Gasteiger partial charge < -0.3 is 15.4 Å². The predicted molar refractivity (Wildman–Crippen MR) is 105 cm³/mol. The molecule has 0 aromatic heterocycles. The Morgan fingerprint density at radius 3 is 2.68 bits per heavy atom. The molecule has 1 aliphatic rings. The lowest BCUT2D eigenvalue weighted by molar-refractivity contribution is -0.147. The number of ether oxygens (including phenoxy) is 1. The summed E-state index contributed by atoms with van der Waals surface area (Å²) < 4.78 is 4.99. The molecule has 0 aliphatic carbocycles. The number of rotatable bonds is 6. The Hall–Kier alpha value is -3.31. The molecule has 1 aliphatic heterocycles. The third-order valence-electron chi connectivity index (χ3n) is 3.94. The first-order chi connectivity index (χ1) is 13.5. The van der Waals surface area contributed by atoms with Gasteiger partial charge in [0, 0.05) is 10.6 Å². The van der Waals surface area contributed by atoms with Crippen molar-refractivity contribution in [2.24, 2.45) is 0 Å². The van der Waals surface area contributed by atoms with Crippen molar-refractivity contribution in [3.63, 3.8) is 0 Å². The van der Waals surface area contributed by atoms with E-state index in [1.807, 2.05) is 24.3 Å². The van der Waals surface area contributed by atoms with Gasteiger partial charge in [-0.25, -0.2) is 0 Å². The zero-order valence-electron chi connectivity index (χ0n) is 14.8. The fraction of sp³-hybridized carbons (Fsp3) is 0.200. The van der Waals surface area contributed by atoms with Crippen LogP contribution < -0.4 is 10.6 Å². The maximum Gasteiger partial charge on any atom is 0.307 e. The summed E-state index contributed by atoms with van der Waals surface area (Å²) >= 11 is 1.30. The smallest absolute Gasteiger partial charge is 0.307 e. The van der Waals surface area contributed by atoms with Crippen molar-refractivity contribution in [1.82, 2.24) is 0 Å². The molecule has 1 heterocycles. The number of hydrogen-bond acceptors (Lipinski definition) is 6. The number of carbonyl (C=O) groups is 3. The monoisotopic (exact) mass is 395 g/mol. The third kappa shape index (κ3) is 5.11. The summed E-state index contributed by atoms with van der Waals surface area (Å²) in [4.78, 5) is 36.9. The van der Waals surface area contributed by atoms with E-state index in [-0.39, 0.29) is 12.3 Å². The molecule has 0 radical (unpaired) electrons. The third-order valence-corrected chi connectivity index (χ3v) is 5.22. The van der Waals surface area contributed by atoms with E-state index in [9.17, 15) is 14.4 Å². The van der Waals surface area contributed by atoms with Crippen LogP contribution in [0.3, 0.4) is 0 Å². The Morgan fingerprint density at radius 2 is 1.93 bits per heavy atom. The van der Waals surface area contributed by atoms with Gasteiger partial charge in [-0.15, -0.1) is 11.8 Å². The van der Waals surface area contributed by atoms with E-state index >= 15 is 0 Å². The maximum atomic E-state index is 12.1. The molecular formula is C20H17N3O4S. The van der Waals surface area contributed by atoms with E-state index in [1.54, 1.807) is 30.3 Å². The molecular weight excluding hydrogens is 378 g/mol. The molecule has 7 nitrogen and oxygen atoms in total. The van der Waals surface area contributed by atoms with Gasteiger partial charge in [-0.3, -0.25) is 14.4 Å². The van der Waals surface area contributed by atoms with Crippen LogP contribution in [0.25, 0.3) is 0 Å². The van der Waals surface area contributed by atoms with Gasteiger partial charge >= 0.3 is 5.97 Å². The quantitative estimate of drug-likeness (QED) is 0.728. The highest BCUT2D eigenvalue weighted by Gasteiger charge is 2.29. The lowest BCUT2D eigenvalue weighted by Gasteiger charge is -2.23. The number of anilines is 2. The van der Waals surface area contributed by atoms with Crippen LogP contribution in [0.15, 0.2) is 53.4 Å². The van der Waals surface area contributed by atoms with Crippen molar-refractivity contribution in [2.45, 2.75) is 23.0 Å². The number of fused-ring (bicyclic) bond motifs is 1. The second-order valence-corrected chi connectivity index (χ2v) is 7.28. The molecule has 3 rings (SSSR count). The molecule has 28 heavy (non-hydrogen) atoms. The van der Waals surface area contributed by atoms with Crippen LogP contribution in [0.4, 0.5) is 11.4 Å². The molecule has 0 spiro atoms. The van der Waals surface area contributed by atoms with Crippen molar-refractivity contribution < 1.29 is 19.1 Å². The molecule has 0 unspecified atom stereocenters. The first kappa shape index (κ1) is 19.5. The number of nitriles is 1. The predicted octanol–water partition coefficient (Wildman–Crippen LogP) is 2.74. The standard InChI is InChI=1S/C20H17N3O4S/c21-10-9-13-5-7-14(8-6-13)22-18(24)12-27-19(25)11-17-20(26)23-15-3-1-2-4-16(15)28-17/h1-8,17H,9,11-12H2,(H,22,24)(H,23,26)/t17-/m1/s1. The largest absolute Gasteiger partial charge is 0.456 e. The molecule has 2 amide bonds. The van der Waals surface area contributed by atoms with Gasteiger partial charge in [-0.05, 0) is 29.8 Å². The van der Waals surface area contributed by atoms with Crippen LogP contribution in [-0.4, -0.2) is 29.6 Å². The van der Waals surface area contributed by atoms with E-state index in [0.29, 0.717) is 12.1 Å². The molecule has 142 valence electrons. The Morgan fingerprint density at radius 1 is 1.18 bits per heavy atom. The molecule has 0 saturated heterocycles. The Labute approximate surface area is 166 Å². The average molecular weight is 395 g/mol. The molecule has 8 heteroatoms. The summed E-state index contributed by atoms with van der Waals surface area (Å²) in [6, 6.07) is 16.2. The number of nitrogens with one attached hydrogen (secondary N) is 2. The fourth-order valence-electron chi connectivity index (χ4n) is 2.58. The summed E-state index contributed by atoms with van der Waals surface area (Å²) in [5.41, 5.74) is 2.11. The van der Waals surface area contributed by atoms with Crippen LogP contribution >= 0.6 is 11.8 Å². The van der Waals surface area contributed by atoms with Crippen LogP contribution in [-0.2, 0) is 25.5 Å². The molecule has 0 saturated carbocycles. The van der Waals surface area contributed by atoms with Gasteiger partial charge in [0.1, 0.15) is 0 Å². The highest BCUT2D eigenvalue weighted by Crippen LogP contribution is 2.36. The van der Waals surface area contributed by atoms with Crippen LogP contribution in [0, 0.1) is 11.3 Å². The number of para-hydroxylation sites is 1. The first-order valence-corrected chi connectivity index (χ1v) is 9.41. The second-order valence-electron chi connectivity index (χ2n) is 6.04. The summed E-state index contributed by atoms with van der Waals surface area (Å²) in [7, 11) is 0. The van der Waals surface area contributed by atoms with Gasteiger partial charge in [0.15, 0.2) is 6.61 Å². The fourth-order valence-corrected chi connectivity index (χ4v) is 3.67. The number of esters is 1. The lowest BCUT2D eigenvalue weighted by atomic mass is 10.1. The topological polar surface area (TPSA) is 108 Å². The maximum absolute atomic E-state index is 12.1. The Kier molecular flexibility index (Phi) is 6.29. The van der Waals surface area contributed by atoms with Crippen LogP contribution in [0.5, 0.6) is 0 Å². The summed E-state index contributed by atoms with van der Waals surface area (Å²) in [6.07, 6.45) is 0.171. The zero-order valence-corrected chi connectivity index (χ0v) is 15.6. The Bertz CT molecular complexity index is 937. The number of carbonyl (C=O) groups excluding carboxylic acids is 3. The zero-order chi connectivity index (χ0) is 19.9. The van der Waals surface area contributed by atoms with Crippen LogP contribution in [0.2, 0.25) is 0 Å². The SMILES string of the molecule is N#CCc1ccc(NC(=O)COC(=O)C[C@H]2Sc3ccccc3NC2=O)cc1. The molecule has 0 bridgehead atoms. The minimum Gasteiger partial charge on any atom is -0.456 e. The summed E-state index contributed by atoms with van der Waals surface area (Å²) in [5.74, 6) is -1.36. The van der Waals surface area contributed by atoms with Crippen molar-refractivity contribution >= 4 is 40.9 Å². The van der Waals surface area contributed by atoms with Gasteiger partial charge in [-0.1, -0.05) is 24.3 Å². The highest BCUT2D eigenvalue weighted by atomic mass is 32.2. The van der Waals surface area contributed by atoms with Gasteiger partial charge in [0.05, 0.1) is 29.8 Å². The van der Waals surface area contributed by atoms with Crippen molar-refractivity contribution in [1.29, 1.82) is 5.26 Å².